The van der Waals surface area contributed by atoms with E-state index in [0.29, 0.717) is 29.9 Å². The van der Waals surface area contributed by atoms with Crippen LogP contribution in [0.1, 0.15) is 95.6 Å². The molecule has 4 rings (SSSR count). The van der Waals surface area contributed by atoms with Crippen LogP contribution in [0.3, 0.4) is 0 Å². The van der Waals surface area contributed by atoms with Crippen LogP contribution in [0.25, 0.3) is 0 Å². The predicted molar refractivity (Wildman–Crippen MR) is 131 cm³/mol. The number of hydrogen-bond donors (Lipinski definition) is 0. The normalized spacial score (nSPS) is 22.4. The number of ether oxygens (including phenoxy) is 1. The molecule has 3 nitrogen and oxygen atoms in total. The first kappa shape index (κ1) is 17.1. The predicted octanol–water partition coefficient (Wildman–Crippen LogP) is 7.37. The van der Waals surface area contributed by atoms with Gasteiger partial charge in [0.1, 0.15) is 5.75 Å². The lowest BCUT2D eigenvalue weighted by molar-refractivity contribution is -0.138. The molecule has 0 radical (unpaired) electrons. The summed E-state index contributed by atoms with van der Waals surface area (Å²) in [6, 6.07) is 8.21. The summed E-state index contributed by atoms with van der Waals surface area (Å²) in [5.74, 6) is -0.110. The molecule has 1 aliphatic carbocycles. The van der Waals surface area contributed by atoms with Crippen molar-refractivity contribution in [2.45, 2.75) is 77.3 Å². The average Bonchev–Trinajstić information content (AvgIpc) is 2.86. The summed E-state index contributed by atoms with van der Waals surface area (Å²) in [7, 11) is 0. The van der Waals surface area contributed by atoms with Crippen LogP contribution >= 0.6 is 0 Å². The molecule has 0 atom stereocenters. The van der Waals surface area contributed by atoms with Crippen molar-refractivity contribution in [1.29, 1.82) is 0 Å². The van der Waals surface area contributed by atoms with E-state index in [1.54, 1.807) is 6.92 Å². The van der Waals surface area contributed by atoms with E-state index in [1.165, 1.54) is 35.2 Å². The molecule has 1 saturated heterocycles. The number of alkyl halides is 3. The highest BCUT2D eigenvalue weighted by Gasteiger charge is 2.36. The van der Waals surface area contributed by atoms with Crippen molar-refractivity contribution in [2.75, 3.05) is 19.8 Å². The van der Waals surface area contributed by atoms with Crippen LogP contribution < -0.4 is 4.74 Å². The molecular formula is C28H35F3N2O. The molecule has 2 fully saturated rings. The van der Waals surface area contributed by atoms with E-state index in [-0.39, 0.29) is 29.5 Å². The highest BCUT2D eigenvalue weighted by atomic mass is 19.4. The zero-order chi connectivity index (χ0) is 30.2. The lowest BCUT2D eigenvalue weighted by Crippen LogP contribution is -2.36. The Labute approximate surface area is 210 Å². The van der Waals surface area contributed by atoms with E-state index < -0.39 is 31.5 Å². The Balaban J connectivity index is 1.58. The van der Waals surface area contributed by atoms with E-state index in [4.69, 9.17) is 14.3 Å². The van der Waals surface area contributed by atoms with E-state index in [9.17, 15) is 13.2 Å². The number of likely N-dealkylation sites (tertiary alicyclic amines) is 1. The third kappa shape index (κ3) is 6.01. The van der Waals surface area contributed by atoms with Gasteiger partial charge in [-0.05, 0) is 92.0 Å². The summed E-state index contributed by atoms with van der Waals surface area (Å²) in [6.07, 6.45) is -2.26. The number of rotatable bonds is 8. The maximum Gasteiger partial charge on any atom is 0.416 e. The van der Waals surface area contributed by atoms with Gasteiger partial charge in [0.15, 0.2) is 6.73 Å². The second kappa shape index (κ2) is 10.9. The van der Waals surface area contributed by atoms with Crippen LogP contribution in [-0.2, 0) is 19.0 Å². The van der Waals surface area contributed by atoms with Crippen molar-refractivity contribution >= 4 is 5.71 Å². The summed E-state index contributed by atoms with van der Waals surface area (Å²) >= 11 is 0. The standard InChI is InChI=1S/C28H35F3N2O/c1-3-21-16-23(10-11-24(21)18-33-14-7-15-33)20(2)32-19-34-25-12-13-26(22-8-5-4-6-9-22)27(17-25)28(29,30)31/h10-13,16-17,22H,3-9,14-15,18-19H2,1-2H3/b32-20+/i1D3,3D2,18D2. The highest BCUT2D eigenvalue weighted by Crippen LogP contribution is 2.42. The summed E-state index contributed by atoms with van der Waals surface area (Å²) in [4.78, 5) is 5.80. The molecule has 2 aliphatic rings. The number of aryl methyl sites for hydroxylation is 1. The molecule has 0 amide bonds. The maximum atomic E-state index is 13.9. The van der Waals surface area contributed by atoms with Crippen LogP contribution in [0.4, 0.5) is 13.2 Å². The maximum absolute atomic E-state index is 13.9. The fraction of sp³-hybridized carbons (Fsp3) is 0.536. The number of benzene rings is 2. The van der Waals surface area contributed by atoms with Crippen molar-refractivity contribution in [3.63, 3.8) is 0 Å². The quantitative estimate of drug-likeness (QED) is 0.369. The molecule has 0 unspecified atom stereocenters. The molecule has 1 saturated carbocycles. The van der Waals surface area contributed by atoms with Crippen LogP contribution in [0, 0.1) is 0 Å². The molecule has 0 aromatic heterocycles. The average molecular weight is 480 g/mol. The number of halogens is 3. The molecule has 184 valence electrons. The van der Waals surface area contributed by atoms with Gasteiger partial charge in [0.2, 0.25) is 0 Å². The van der Waals surface area contributed by atoms with Gasteiger partial charge in [0.25, 0.3) is 0 Å². The van der Waals surface area contributed by atoms with E-state index in [0.717, 1.165) is 44.6 Å². The molecule has 0 N–H and O–H groups in total. The van der Waals surface area contributed by atoms with Crippen LogP contribution in [0.5, 0.6) is 5.75 Å². The Hall–Kier alpha value is -2.34. The number of aliphatic imine (C=N–C) groups is 1. The molecule has 34 heavy (non-hydrogen) atoms. The first-order valence-electron chi connectivity index (χ1n) is 15.3. The van der Waals surface area contributed by atoms with Gasteiger partial charge in [-0.3, -0.25) is 9.89 Å². The Bertz CT molecular complexity index is 1270. The molecule has 2 aromatic rings. The van der Waals surface area contributed by atoms with Gasteiger partial charge < -0.3 is 4.74 Å². The minimum atomic E-state index is -4.52. The van der Waals surface area contributed by atoms with E-state index in [1.807, 2.05) is 0 Å². The fourth-order valence-corrected chi connectivity index (χ4v) is 4.50. The van der Waals surface area contributed by atoms with Crippen LogP contribution in [0.2, 0.25) is 0 Å². The Morgan fingerprint density at radius 3 is 2.56 bits per heavy atom. The molecule has 6 heteroatoms. The van der Waals surface area contributed by atoms with Gasteiger partial charge in [-0.1, -0.05) is 44.3 Å². The topological polar surface area (TPSA) is 24.8 Å². The van der Waals surface area contributed by atoms with Gasteiger partial charge in [-0.25, -0.2) is 0 Å². The molecule has 1 aliphatic heterocycles. The summed E-state index contributed by atoms with van der Waals surface area (Å²) in [6.45, 7) is -2.91. The van der Waals surface area contributed by atoms with E-state index >= 15 is 0 Å². The summed E-state index contributed by atoms with van der Waals surface area (Å²) in [5, 5.41) is 0. The SMILES string of the molecule is [2H]C([2H])(c1ccc(/C(C)=N/COc2ccc(C3CCCCC3)c(C(F)(F)F)c2)cc1C([2H])([2H])C([2H])([2H])[2H])N1CCC1. The Kier molecular flexibility index (Phi) is 5.52. The molecule has 2 aromatic carbocycles. The third-order valence-electron chi connectivity index (χ3n) is 6.61. The Morgan fingerprint density at radius 1 is 1.09 bits per heavy atom. The Morgan fingerprint density at radius 2 is 1.88 bits per heavy atom. The second-order valence-corrected chi connectivity index (χ2v) is 8.94. The lowest BCUT2D eigenvalue weighted by Gasteiger charge is -2.31. The van der Waals surface area contributed by atoms with Gasteiger partial charge in [0.05, 0.1) is 5.56 Å². The summed E-state index contributed by atoms with van der Waals surface area (Å²) in [5.41, 5.74) is -0.0916. The molecular weight excluding hydrogens is 437 g/mol. The molecule has 0 spiro atoms. The molecule has 0 bridgehead atoms. The van der Waals surface area contributed by atoms with Gasteiger partial charge in [-0.15, -0.1) is 0 Å². The van der Waals surface area contributed by atoms with Crippen LogP contribution in [-0.4, -0.2) is 30.4 Å². The first-order valence-corrected chi connectivity index (χ1v) is 11.8. The third-order valence-corrected chi connectivity index (χ3v) is 6.61. The van der Waals surface area contributed by atoms with Gasteiger partial charge >= 0.3 is 6.18 Å². The van der Waals surface area contributed by atoms with Crippen molar-refractivity contribution in [2.24, 2.45) is 4.99 Å². The van der Waals surface area contributed by atoms with Crippen molar-refractivity contribution in [3.8, 4) is 5.75 Å². The number of nitrogens with zero attached hydrogens (tertiary/aromatic N) is 2. The first-order chi connectivity index (χ1) is 19.0. The fourth-order valence-electron chi connectivity index (χ4n) is 4.50. The lowest BCUT2D eigenvalue weighted by atomic mass is 9.82. The van der Waals surface area contributed by atoms with Crippen LogP contribution in [0.15, 0.2) is 41.4 Å². The largest absolute Gasteiger partial charge is 0.471 e. The van der Waals surface area contributed by atoms with Crippen molar-refractivity contribution in [1.82, 2.24) is 4.90 Å². The van der Waals surface area contributed by atoms with E-state index in [2.05, 4.69) is 4.99 Å². The zero-order valence-electron chi connectivity index (χ0n) is 26.3. The monoisotopic (exact) mass is 479 g/mol. The minimum Gasteiger partial charge on any atom is -0.471 e. The molecule has 1 heterocycles. The van der Waals surface area contributed by atoms with Crippen molar-refractivity contribution in [3.05, 3.63) is 64.2 Å². The highest BCUT2D eigenvalue weighted by molar-refractivity contribution is 5.98. The number of hydrogen-bond acceptors (Lipinski definition) is 3. The summed E-state index contributed by atoms with van der Waals surface area (Å²) < 4.78 is 104. The van der Waals surface area contributed by atoms with Gasteiger partial charge in [-0.2, -0.15) is 13.2 Å². The smallest absolute Gasteiger partial charge is 0.416 e. The second-order valence-electron chi connectivity index (χ2n) is 8.94. The zero-order valence-corrected chi connectivity index (χ0v) is 19.3. The van der Waals surface area contributed by atoms with Crippen molar-refractivity contribution < 1.29 is 27.5 Å². The van der Waals surface area contributed by atoms with Gasteiger partial charge in [0, 0.05) is 21.8 Å². The minimum absolute atomic E-state index is 0.0194.